The largest absolute Gasteiger partial charge is 0.339 e. The Hall–Kier alpha value is -0.680. The fraction of sp³-hybridized carbons (Fsp3) is 0.429. The van der Waals surface area contributed by atoms with Crippen molar-refractivity contribution >= 4 is 43.6 Å². The van der Waals surface area contributed by atoms with Gasteiger partial charge in [-0.3, -0.25) is 9.59 Å². The van der Waals surface area contributed by atoms with Crippen LogP contribution in [0.3, 0.4) is 0 Å². The minimum Gasteiger partial charge on any atom is -0.339 e. The zero-order chi connectivity index (χ0) is 14.0. The van der Waals surface area contributed by atoms with E-state index < -0.39 is 0 Å². The van der Waals surface area contributed by atoms with Gasteiger partial charge < -0.3 is 4.90 Å². The predicted molar refractivity (Wildman–Crippen MR) is 81.2 cm³/mol. The Labute approximate surface area is 129 Å². The van der Waals surface area contributed by atoms with E-state index in [4.69, 9.17) is 0 Å². The number of Topliss-reactive ketones (excluding diaryl/α,β-unsaturated/α-hetero) is 1. The third-order valence-corrected chi connectivity index (χ3v) is 4.41. The third kappa shape index (κ3) is 3.66. The van der Waals surface area contributed by atoms with Crippen LogP contribution >= 0.6 is 31.9 Å². The quantitative estimate of drug-likeness (QED) is 0.772. The van der Waals surface area contributed by atoms with E-state index in [0.717, 1.165) is 21.8 Å². The molecule has 1 aliphatic carbocycles. The Morgan fingerprint density at radius 2 is 1.68 bits per heavy atom. The third-order valence-electron chi connectivity index (χ3n) is 3.49. The fourth-order valence-electron chi connectivity index (χ4n) is 2.36. The van der Waals surface area contributed by atoms with Gasteiger partial charge in [0.15, 0.2) is 0 Å². The zero-order valence-corrected chi connectivity index (χ0v) is 13.8. The van der Waals surface area contributed by atoms with E-state index in [2.05, 4.69) is 31.9 Å². The highest BCUT2D eigenvalue weighted by Crippen LogP contribution is 2.24. The molecule has 5 heteroatoms. The van der Waals surface area contributed by atoms with E-state index in [9.17, 15) is 9.59 Å². The van der Waals surface area contributed by atoms with E-state index >= 15 is 0 Å². The molecule has 0 bridgehead atoms. The van der Waals surface area contributed by atoms with Crippen LogP contribution in [-0.2, 0) is 4.79 Å². The van der Waals surface area contributed by atoms with Crippen molar-refractivity contribution in [3.63, 3.8) is 0 Å². The summed E-state index contributed by atoms with van der Waals surface area (Å²) >= 11 is 6.78. The molecule has 0 N–H and O–H groups in total. The molecule has 0 heterocycles. The van der Waals surface area contributed by atoms with E-state index in [0.29, 0.717) is 24.2 Å². The number of hydrogen-bond donors (Lipinski definition) is 0. The minimum atomic E-state index is 0.00125. The summed E-state index contributed by atoms with van der Waals surface area (Å²) in [4.78, 5) is 25.4. The molecule has 102 valence electrons. The Morgan fingerprint density at radius 3 is 2.21 bits per heavy atom. The summed E-state index contributed by atoms with van der Waals surface area (Å²) in [6, 6.07) is 5.70. The summed E-state index contributed by atoms with van der Waals surface area (Å²) in [5.74, 6) is 0.309. The number of carbonyl (C=O) groups excluding carboxylic acids is 2. The van der Waals surface area contributed by atoms with E-state index in [-0.39, 0.29) is 11.9 Å². The molecule has 0 aromatic heterocycles. The average molecular weight is 389 g/mol. The molecule has 1 aliphatic rings. The van der Waals surface area contributed by atoms with Crippen LogP contribution in [0.2, 0.25) is 0 Å². The Balaban J connectivity index is 2.12. The van der Waals surface area contributed by atoms with Gasteiger partial charge in [-0.25, -0.2) is 0 Å². The summed E-state index contributed by atoms with van der Waals surface area (Å²) < 4.78 is 1.75. The number of carbonyl (C=O) groups is 2. The van der Waals surface area contributed by atoms with Crippen LogP contribution < -0.4 is 0 Å². The number of ketones is 1. The van der Waals surface area contributed by atoms with Gasteiger partial charge in [0, 0.05) is 40.4 Å². The maximum absolute atomic E-state index is 12.4. The van der Waals surface area contributed by atoms with Crippen LogP contribution in [0.4, 0.5) is 0 Å². The summed E-state index contributed by atoms with van der Waals surface area (Å²) in [5.41, 5.74) is 0.653. The molecule has 0 unspecified atom stereocenters. The van der Waals surface area contributed by atoms with Crippen molar-refractivity contribution in [1.29, 1.82) is 0 Å². The molecule has 19 heavy (non-hydrogen) atoms. The lowest BCUT2D eigenvalue weighted by molar-refractivity contribution is -0.121. The SMILES string of the molecule is CN(C(=O)c1cc(Br)cc(Br)c1)C1CCC(=O)CC1. The first-order valence-corrected chi connectivity index (χ1v) is 7.81. The topological polar surface area (TPSA) is 37.4 Å². The predicted octanol–water partition coefficient (Wildman–Crippen LogP) is 3.80. The molecule has 0 saturated heterocycles. The highest BCUT2D eigenvalue weighted by Gasteiger charge is 2.26. The number of benzene rings is 1. The average Bonchev–Trinajstić information content (AvgIpc) is 2.37. The van der Waals surface area contributed by atoms with Gasteiger partial charge >= 0.3 is 0 Å². The Morgan fingerprint density at radius 1 is 1.16 bits per heavy atom. The highest BCUT2D eigenvalue weighted by atomic mass is 79.9. The van der Waals surface area contributed by atoms with Gasteiger partial charge in [-0.2, -0.15) is 0 Å². The zero-order valence-electron chi connectivity index (χ0n) is 10.7. The summed E-state index contributed by atoms with van der Waals surface area (Å²) in [5, 5.41) is 0. The first-order chi connectivity index (χ1) is 8.97. The second-order valence-electron chi connectivity index (χ2n) is 4.84. The van der Waals surface area contributed by atoms with Crippen molar-refractivity contribution in [2.75, 3.05) is 7.05 Å². The van der Waals surface area contributed by atoms with Gasteiger partial charge in [0.1, 0.15) is 5.78 Å². The van der Waals surface area contributed by atoms with Crippen molar-refractivity contribution in [3.8, 4) is 0 Å². The van der Waals surface area contributed by atoms with Crippen LogP contribution in [0.25, 0.3) is 0 Å². The molecule has 1 aromatic carbocycles. The normalized spacial score (nSPS) is 16.5. The lowest BCUT2D eigenvalue weighted by Crippen LogP contribution is -2.39. The lowest BCUT2D eigenvalue weighted by Gasteiger charge is -2.30. The Bertz CT molecular complexity index is 486. The summed E-state index contributed by atoms with van der Waals surface area (Å²) in [7, 11) is 1.82. The van der Waals surface area contributed by atoms with Gasteiger partial charge in [0.25, 0.3) is 5.91 Å². The van der Waals surface area contributed by atoms with E-state index in [1.165, 1.54) is 0 Å². The van der Waals surface area contributed by atoms with Crippen LogP contribution in [0.5, 0.6) is 0 Å². The molecule has 1 fully saturated rings. The standard InChI is InChI=1S/C14H15Br2NO2/c1-17(12-2-4-13(18)5-3-12)14(19)9-6-10(15)8-11(16)7-9/h6-8,12H,2-5H2,1H3. The highest BCUT2D eigenvalue weighted by molar-refractivity contribution is 9.11. The first kappa shape index (κ1) is 14.7. The molecule has 1 aromatic rings. The van der Waals surface area contributed by atoms with Crippen LogP contribution in [0, 0.1) is 0 Å². The van der Waals surface area contributed by atoms with Crippen molar-refractivity contribution < 1.29 is 9.59 Å². The monoisotopic (exact) mass is 387 g/mol. The van der Waals surface area contributed by atoms with Crippen LogP contribution in [-0.4, -0.2) is 29.7 Å². The molecule has 2 rings (SSSR count). The molecule has 0 atom stereocenters. The second kappa shape index (κ2) is 6.18. The minimum absolute atomic E-state index is 0.00125. The van der Waals surface area contributed by atoms with Gasteiger partial charge in [-0.05, 0) is 31.0 Å². The number of nitrogens with zero attached hydrogens (tertiary/aromatic N) is 1. The molecular weight excluding hydrogens is 374 g/mol. The van der Waals surface area contributed by atoms with Crippen molar-refractivity contribution in [2.24, 2.45) is 0 Å². The molecule has 0 aliphatic heterocycles. The van der Waals surface area contributed by atoms with Crippen LogP contribution in [0.1, 0.15) is 36.0 Å². The molecule has 0 radical (unpaired) electrons. The lowest BCUT2D eigenvalue weighted by atomic mass is 9.93. The van der Waals surface area contributed by atoms with E-state index in [1.807, 2.05) is 25.2 Å². The Kier molecular flexibility index (Phi) is 4.79. The van der Waals surface area contributed by atoms with Gasteiger partial charge in [-0.1, -0.05) is 31.9 Å². The van der Waals surface area contributed by atoms with E-state index in [1.54, 1.807) is 4.90 Å². The summed E-state index contributed by atoms with van der Waals surface area (Å²) in [6.45, 7) is 0. The molecule has 1 saturated carbocycles. The molecular formula is C14H15Br2NO2. The number of rotatable bonds is 2. The van der Waals surface area contributed by atoms with Crippen molar-refractivity contribution in [1.82, 2.24) is 4.90 Å². The smallest absolute Gasteiger partial charge is 0.253 e. The fourth-order valence-corrected chi connectivity index (χ4v) is 3.65. The summed E-state index contributed by atoms with van der Waals surface area (Å²) in [6.07, 6.45) is 2.72. The first-order valence-electron chi connectivity index (χ1n) is 6.22. The molecule has 0 spiro atoms. The maximum Gasteiger partial charge on any atom is 0.253 e. The van der Waals surface area contributed by atoms with Crippen molar-refractivity contribution in [3.05, 3.63) is 32.7 Å². The van der Waals surface area contributed by atoms with Crippen molar-refractivity contribution in [2.45, 2.75) is 31.7 Å². The number of amides is 1. The molecule has 1 amide bonds. The molecule has 3 nitrogen and oxygen atoms in total. The number of hydrogen-bond acceptors (Lipinski definition) is 2. The van der Waals surface area contributed by atoms with Crippen LogP contribution in [0.15, 0.2) is 27.1 Å². The van der Waals surface area contributed by atoms with Gasteiger partial charge in [0.2, 0.25) is 0 Å². The number of halogens is 2. The van der Waals surface area contributed by atoms with Gasteiger partial charge in [0.05, 0.1) is 0 Å². The van der Waals surface area contributed by atoms with Gasteiger partial charge in [-0.15, -0.1) is 0 Å². The maximum atomic E-state index is 12.4. The second-order valence-corrected chi connectivity index (χ2v) is 6.68.